The van der Waals surface area contributed by atoms with Crippen LogP contribution in [0.25, 0.3) is 0 Å². The van der Waals surface area contributed by atoms with Gasteiger partial charge in [0.2, 0.25) is 5.95 Å². The average Bonchev–Trinajstić information content (AvgIpc) is 3.55. The fraction of sp³-hybridized carbons (Fsp3) is 0.471. The number of piperazine rings is 1. The smallest absolute Gasteiger partial charge is 0.260 e. The van der Waals surface area contributed by atoms with E-state index in [9.17, 15) is 9.59 Å². The van der Waals surface area contributed by atoms with Crippen molar-refractivity contribution in [2.24, 2.45) is 0 Å². The Bertz CT molecular complexity index is 1430. The number of fused-ring (bicyclic) bond motifs is 2. The fourth-order valence-corrected chi connectivity index (χ4v) is 6.59. The van der Waals surface area contributed by atoms with Gasteiger partial charge in [-0.25, -0.2) is 4.98 Å². The lowest BCUT2D eigenvalue weighted by Gasteiger charge is -2.34. The van der Waals surface area contributed by atoms with E-state index in [4.69, 9.17) is 4.98 Å². The van der Waals surface area contributed by atoms with Crippen molar-refractivity contribution in [3.05, 3.63) is 65.9 Å². The summed E-state index contributed by atoms with van der Waals surface area (Å²) in [5.74, 6) is 1.21. The third-order valence-electron chi connectivity index (χ3n) is 9.10. The van der Waals surface area contributed by atoms with Crippen molar-refractivity contribution >= 4 is 40.6 Å². The minimum Gasteiger partial charge on any atom is -0.336 e. The summed E-state index contributed by atoms with van der Waals surface area (Å²) in [6.07, 6.45) is 11.3. The maximum absolute atomic E-state index is 13.4. The number of nitrogens with zero attached hydrogens (tertiary/aromatic N) is 6. The van der Waals surface area contributed by atoms with Gasteiger partial charge in [-0.2, -0.15) is 4.98 Å². The van der Waals surface area contributed by atoms with Crippen LogP contribution < -0.4 is 15.1 Å². The highest BCUT2D eigenvalue weighted by Gasteiger charge is 2.35. The first-order chi connectivity index (χ1) is 21.0. The minimum atomic E-state index is -0.0599. The molecule has 9 nitrogen and oxygen atoms in total. The summed E-state index contributed by atoms with van der Waals surface area (Å²) >= 11 is 0. The molecule has 1 aromatic heterocycles. The van der Waals surface area contributed by atoms with Crippen molar-refractivity contribution in [2.45, 2.75) is 64.3 Å². The number of benzene rings is 2. The van der Waals surface area contributed by atoms with Crippen molar-refractivity contribution in [3.63, 3.8) is 0 Å². The molecule has 0 bridgehead atoms. The Morgan fingerprint density at radius 1 is 0.930 bits per heavy atom. The quantitative estimate of drug-likeness (QED) is 0.300. The van der Waals surface area contributed by atoms with Gasteiger partial charge in [-0.05, 0) is 62.2 Å². The average molecular weight is 582 g/mol. The van der Waals surface area contributed by atoms with Crippen LogP contribution in [0.4, 0.5) is 28.8 Å². The summed E-state index contributed by atoms with van der Waals surface area (Å²) in [5, 5.41) is 3.33. The molecule has 2 amide bonds. The van der Waals surface area contributed by atoms with Crippen LogP contribution in [0.3, 0.4) is 0 Å². The molecule has 1 aliphatic carbocycles. The predicted molar refractivity (Wildman–Crippen MR) is 172 cm³/mol. The summed E-state index contributed by atoms with van der Waals surface area (Å²) in [4.78, 5) is 44.5. The molecule has 226 valence electrons. The number of hydrogen-bond acceptors (Lipinski definition) is 7. The predicted octanol–water partition coefficient (Wildman–Crippen LogP) is 6.23. The van der Waals surface area contributed by atoms with Crippen LogP contribution >= 0.6 is 0 Å². The molecule has 2 aromatic carbocycles. The zero-order valence-corrected chi connectivity index (χ0v) is 25.5. The first-order valence-electron chi connectivity index (χ1n) is 16.0. The SMILES string of the molecule is CCCCCCN1CCN(C(=O)c2ccc(Nc3ncc4c(n3)N(C3CCCC3)c3ccccc3C(=O)N4C)cc2)CC1. The molecule has 3 aromatic rings. The highest BCUT2D eigenvalue weighted by molar-refractivity contribution is 6.13. The molecule has 1 N–H and O–H groups in total. The van der Waals surface area contributed by atoms with E-state index in [1.54, 1.807) is 18.1 Å². The van der Waals surface area contributed by atoms with Crippen LogP contribution in [0.2, 0.25) is 0 Å². The fourth-order valence-electron chi connectivity index (χ4n) is 6.59. The number of amides is 2. The largest absolute Gasteiger partial charge is 0.336 e. The van der Waals surface area contributed by atoms with E-state index in [0.717, 1.165) is 62.8 Å². The normalized spacial score (nSPS) is 17.5. The van der Waals surface area contributed by atoms with Crippen molar-refractivity contribution in [1.82, 2.24) is 19.8 Å². The molecule has 0 spiro atoms. The summed E-state index contributed by atoms with van der Waals surface area (Å²) in [6, 6.07) is 15.6. The molecule has 9 heteroatoms. The molecule has 2 aliphatic heterocycles. The Morgan fingerprint density at radius 2 is 1.67 bits per heavy atom. The number of carbonyl (C=O) groups is 2. The van der Waals surface area contributed by atoms with Crippen LogP contribution in [0.5, 0.6) is 0 Å². The van der Waals surface area contributed by atoms with Gasteiger partial charge in [-0.3, -0.25) is 14.5 Å². The number of rotatable bonds is 9. The number of unbranched alkanes of at least 4 members (excludes halogenated alkanes) is 3. The molecule has 6 rings (SSSR count). The highest BCUT2D eigenvalue weighted by Crippen LogP contribution is 2.43. The first kappa shape index (κ1) is 29.1. The van der Waals surface area contributed by atoms with Gasteiger partial charge in [-0.1, -0.05) is 51.2 Å². The van der Waals surface area contributed by atoms with Crippen LogP contribution in [0, 0.1) is 0 Å². The second kappa shape index (κ2) is 13.1. The summed E-state index contributed by atoms with van der Waals surface area (Å²) in [5.41, 5.74) is 3.77. The molecule has 1 saturated heterocycles. The van der Waals surface area contributed by atoms with E-state index < -0.39 is 0 Å². The van der Waals surface area contributed by atoms with Gasteiger partial charge in [-0.15, -0.1) is 0 Å². The third kappa shape index (κ3) is 6.22. The van der Waals surface area contributed by atoms with Crippen molar-refractivity contribution < 1.29 is 9.59 Å². The van der Waals surface area contributed by atoms with Crippen molar-refractivity contribution in [3.8, 4) is 0 Å². The minimum absolute atomic E-state index is 0.0599. The Labute approximate surface area is 254 Å². The van der Waals surface area contributed by atoms with Gasteiger partial charge in [0.05, 0.1) is 17.4 Å². The summed E-state index contributed by atoms with van der Waals surface area (Å²) < 4.78 is 0. The van der Waals surface area contributed by atoms with Gasteiger partial charge in [0.25, 0.3) is 11.8 Å². The Balaban J connectivity index is 1.16. The van der Waals surface area contributed by atoms with Gasteiger partial charge in [0.1, 0.15) is 5.69 Å². The third-order valence-corrected chi connectivity index (χ3v) is 9.10. The molecule has 3 aliphatic rings. The van der Waals surface area contributed by atoms with Gasteiger partial charge >= 0.3 is 0 Å². The lowest BCUT2D eigenvalue weighted by atomic mass is 10.1. The van der Waals surface area contributed by atoms with Gasteiger partial charge < -0.3 is 20.0 Å². The molecule has 2 fully saturated rings. The number of hydrogen-bond donors (Lipinski definition) is 1. The number of para-hydroxylation sites is 1. The lowest BCUT2D eigenvalue weighted by Crippen LogP contribution is -2.48. The lowest BCUT2D eigenvalue weighted by molar-refractivity contribution is 0.0635. The maximum Gasteiger partial charge on any atom is 0.260 e. The van der Waals surface area contributed by atoms with Crippen LogP contribution in [-0.4, -0.2) is 77.4 Å². The molecule has 0 atom stereocenters. The van der Waals surface area contributed by atoms with E-state index >= 15 is 0 Å². The molecule has 0 radical (unpaired) electrons. The van der Waals surface area contributed by atoms with Gasteiger partial charge in [0.15, 0.2) is 5.82 Å². The number of aromatic nitrogens is 2. The van der Waals surface area contributed by atoms with Crippen molar-refractivity contribution in [2.75, 3.05) is 54.9 Å². The zero-order valence-electron chi connectivity index (χ0n) is 25.5. The highest BCUT2D eigenvalue weighted by atomic mass is 16.2. The Hall–Kier alpha value is -3.98. The maximum atomic E-state index is 13.4. The molecular formula is C34H43N7O2. The zero-order chi connectivity index (χ0) is 29.8. The van der Waals surface area contributed by atoms with E-state index in [-0.39, 0.29) is 17.9 Å². The van der Waals surface area contributed by atoms with Crippen LogP contribution in [0.15, 0.2) is 54.7 Å². The monoisotopic (exact) mass is 581 g/mol. The van der Waals surface area contributed by atoms with Gasteiger partial charge in [0, 0.05) is 50.5 Å². The Morgan fingerprint density at radius 3 is 2.42 bits per heavy atom. The van der Waals surface area contributed by atoms with Crippen molar-refractivity contribution in [1.29, 1.82) is 0 Å². The Kier molecular flexibility index (Phi) is 8.88. The molecule has 0 unspecified atom stereocenters. The summed E-state index contributed by atoms with van der Waals surface area (Å²) in [6.45, 7) is 6.79. The molecule has 3 heterocycles. The standard InChI is InChI=1S/C34H43N7O2/c1-3-4-5-10-19-39-20-22-40(23-21-39)32(42)25-15-17-26(18-16-25)36-34-35-24-30-31(37-34)41(27-11-6-7-12-27)29-14-9-8-13-28(29)33(43)38(30)2/h8-9,13-18,24,27H,3-7,10-12,19-23H2,1-2H3,(H,35,36,37). The molecule has 43 heavy (non-hydrogen) atoms. The second-order valence-corrected chi connectivity index (χ2v) is 12.0. The van der Waals surface area contributed by atoms with Crippen LogP contribution in [-0.2, 0) is 0 Å². The van der Waals surface area contributed by atoms with E-state index in [1.165, 1.54) is 38.5 Å². The van der Waals surface area contributed by atoms with E-state index in [1.807, 2.05) is 53.4 Å². The number of nitrogens with one attached hydrogen (secondary N) is 1. The van der Waals surface area contributed by atoms with E-state index in [2.05, 4.69) is 27.0 Å². The number of anilines is 5. The first-order valence-corrected chi connectivity index (χ1v) is 16.0. The second-order valence-electron chi connectivity index (χ2n) is 12.0. The number of carbonyl (C=O) groups excluding carboxylic acids is 2. The molecule has 1 saturated carbocycles. The molecular weight excluding hydrogens is 538 g/mol. The topological polar surface area (TPSA) is 84.9 Å². The van der Waals surface area contributed by atoms with Crippen LogP contribution in [0.1, 0.15) is 79.0 Å². The summed E-state index contributed by atoms with van der Waals surface area (Å²) in [7, 11) is 1.79. The van der Waals surface area contributed by atoms with E-state index in [0.29, 0.717) is 22.8 Å².